The van der Waals surface area contributed by atoms with Gasteiger partial charge in [0.05, 0.1) is 24.7 Å². The van der Waals surface area contributed by atoms with Crippen molar-refractivity contribution in [3.63, 3.8) is 0 Å². The smallest absolute Gasteiger partial charge is 0.407 e. The number of nitrogens with two attached hydrogens (primary N) is 2. The van der Waals surface area contributed by atoms with Crippen LogP contribution in [0.3, 0.4) is 0 Å². The normalized spacial score (nSPS) is 23.2. The molecular formula is C87H137N13O23S3. The SMILES string of the molecule is CSCC[C@H](NC(=O)[C@H](Cc1ccc(O)cc1)NC(=O)[C@@H](N)CSSCCNC(=O)O[C@H]1CC[C@@]2(C)C(=CC[C@H]3[C@@H]4CC[C@H]([C@H](C)CCCC(C)C)[C@@]4(C)CC[C@@H]32)C1)C(=O)N[C@@H](CC(C)C)C(=O)N[C@@H](CC(=O)O)C(=O)N[C@@H](CC(C)C)C(=O)N[C@@H](CCC(N)=O)C(=O)N1CCC[C@H]1C(=O)N[C@@H](CCC(=O)O)C(=O)N[C@H](C(=O)N[C@H](C(=O)C(=O)O)[C@@H](C)O)[C@@H](C)O. The third kappa shape index (κ3) is 31.6. The number of hydrogen-bond acceptors (Lipinski definition) is 24. The number of carbonyl (C=O) groups excluding carboxylic acids is 13. The van der Waals surface area contributed by atoms with Crippen LogP contribution in [0.15, 0.2) is 35.9 Å². The number of ether oxygens (including phenoxy) is 1. The number of nitrogens with one attached hydrogen (secondary N) is 10. The minimum atomic E-state index is -2.05. The average Bonchev–Trinajstić information content (AvgIpc) is 1.51. The van der Waals surface area contributed by atoms with Crippen LogP contribution in [-0.4, -0.2) is 252 Å². The van der Waals surface area contributed by atoms with Crippen LogP contribution in [-0.2, 0) is 83.1 Å². The molecule has 4 fully saturated rings. The van der Waals surface area contributed by atoms with Crippen molar-refractivity contribution in [1.82, 2.24) is 58.1 Å². The van der Waals surface area contributed by atoms with Gasteiger partial charge < -0.3 is 105 Å². The molecular weight excluding hydrogens is 1690 g/mol. The lowest BCUT2D eigenvalue weighted by molar-refractivity contribution is -0.152. The highest BCUT2D eigenvalue weighted by Gasteiger charge is 2.60. The number of carbonyl (C=O) groups is 16. The summed E-state index contributed by atoms with van der Waals surface area (Å²) in [7, 11) is 2.66. The topological polar surface area (TPSA) is 579 Å². The zero-order chi connectivity index (χ0) is 93.8. The second-order valence-electron chi connectivity index (χ2n) is 36.4. The van der Waals surface area contributed by atoms with Crippen LogP contribution in [0.25, 0.3) is 0 Å². The first-order valence-corrected chi connectivity index (χ1v) is 48.0. The van der Waals surface area contributed by atoms with Crippen LogP contribution < -0.4 is 64.6 Å². The number of allylic oxidation sites excluding steroid dienone is 1. The number of carboxylic acids is 3. The number of aliphatic carboxylic acids is 3. The second-order valence-corrected chi connectivity index (χ2v) is 40.0. The molecule has 39 heteroatoms. The molecule has 0 aromatic heterocycles. The zero-order valence-corrected chi connectivity index (χ0v) is 77.1. The van der Waals surface area contributed by atoms with Crippen molar-refractivity contribution in [3.8, 4) is 5.75 Å². The van der Waals surface area contributed by atoms with Gasteiger partial charge in [-0.25, -0.2) is 9.59 Å². The predicted octanol–water partition coefficient (Wildman–Crippen LogP) is 4.00. The van der Waals surface area contributed by atoms with Crippen molar-refractivity contribution in [2.45, 2.75) is 302 Å². The number of phenols is 1. The predicted molar refractivity (Wildman–Crippen MR) is 474 cm³/mol. The number of phenolic OH excluding ortho intramolecular Hbond substituents is 1. The van der Waals surface area contributed by atoms with Gasteiger partial charge in [-0.3, -0.25) is 67.1 Å². The molecule has 1 saturated heterocycles. The summed E-state index contributed by atoms with van der Waals surface area (Å²) in [6.45, 7) is 21.0. The summed E-state index contributed by atoms with van der Waals surface area (Å²) < 4.78 is 6.04. The summed E-state index contributed by atoms with van der Waals surface area (Å²) in [6, 6.07) is -12.2. The third-order valence-corrected chi connectivity index (χ3v) is 28.4. The average molecular weight is 1830 g/mol. The van der Waals surface area contributed by atoms with Crippen molar-refractivity contribution in [3.05, 3.63) is 41.5 Å². The van der Waals surface area contributed by atoms with Crippen LogP contribution in [0.4, 0.5) is 4.79 Å². The Morgan fingerprint density at radius 1 is 0.571 bits per heavy atom. The van der Waals surface area contributed by atoms with E-state index < -0.39 is 211 Å². The fourth-order valence-corrected chi connectivity index (χ4v) is 21.2. The van der Waals surface area contributed by atoms with E-state index in [2.05, 4.69) is 88.5 Å². The number of benzene rings is 1. The van der Waals surface area contributed by atoms with Gasteiger partial charge in [0.1, 0.15) is 72.3 Å². The summed E-state index contributed by atoms with van der Waals surface area (Å²) >= 11 is 1.32. The van der Waals surface area contributed by atoms with Gasteiger partial charge in [0.2, 0.25) is 65.0 Å². The van der Waals surface area contributed by atoms with E-state index in [9.17, 15) is 107 Å². The summed E-state index contributed by atoms with van der Waals surface area (Å²) in [5.41, 5.74) is 14.4. The molecule has 1 aromatic carbocycles. The van der Waals surface area contributed by atoms with Gasteiger partial charge in [0.25, 0.3) is 5.78 Å². The molecule has 1 heterocycles. The molecule has 5 aliphatic rings. The van der Waals surface area contributed by atoms with E-state index in [0.29, 0.717) is 28.6 Å². The fourth-order valence-electron chi connectivity index (χ4n) is 18.7. The molecule has 36 nitrogen and oxygen atoms in total. The number of thioether (sulfide) groups is 1. The number of carboxylic acid groups (broad SMARTS) is 3. The van der Waals surface area contributed by atoms with Gasteiger partial charge >= 0.3 is 24.0 Å². The first-order valence-electron chi connectivity index (χ1n) is 44.1. The number of primary amides is 1. The number of ketones is 1. The molecule has 20 N–H and O–H groups in total. The molecule has 12 amide bonds. The van der Waals surface area contributed by atoms with Gasteiger partial charge in [0, 0.05) is 50.3 Å². The maximum Gasteiger partial charge on any atom is 0.407 e. The van der Waals surface area contributed by atoms with E-state index >= 15 is 0 Å². The molecule has 4 aliphatic carbocycles. The number of aliphatic hydroxyl groups is 2. The Morgan fingerprint density at radius 2 is 1.13 bits per heavy atom. The van der Waals surface area contributed by atoms with E-state index in [1.54, 1.807) is 46.1 Å². The first-order chi connectivity index (χ1) is 59.3. The first kappa shape index (κ1) is 106. The zero-order valence-electron chi connectivity index (χ0n) is 74.6. The number of aliphatic hydroxyl groups excluding tert-OH is 2. The molecule has 1 aromatic rings. The van der Waals surface area contributed by atoms with Crippen molar-refractivity contribution in [2.75, 3.05) is 36.6 Å². The number of rotatable bonds is 52. The quantitative estimate of drug-likeness (QED) is 0.0190. The fraction of sp³-hybridized carbons (Fsp3) is 0.724. The Balaban J connectivity index is 1.06. The number of likely N-dealkylation sites (tertiary alicyclic amines) is 1. The third-order valence-electron chi connectivity index (χ3n) is 25.3. The summed E-state index contributed by atoms with van der Waals surface area (Å²) in [5.74, 6) is -13.8. The lowest BCUT2D eigenvalue weighted by Crippen LogP contribution is -2.62. The second kappa shape index (κ2) is 50.2. The molecule has 21 atom stereocenters. The summed E-state index contributed by atoms with van der Waals surface area (Å²) in [6.07, 6.45) is 8.72. The number of alkyl carbamates (subject to hydrolysis) is 1. The van der Waals surface area contributed by atoms with Gasteiger partial charge in [-0.05, 0) is 192 Å². The number of amides is 12. The molecule has 0 bridgehead atoms. The Morgan fingerprint density at radius 3 is 1.72 bits per heavy atom. The number of nitrogens with zero attached hydrogens (tertiary/aromatic N) is 1. The van der Waals surface area contributed by atoms with Crippen molar-refractivity contribution in [2.24, 2.45) is 69.6 Å². The molecule has 706 valence electrons. The Labute approximate surface area is 749 Å². The number of fused-ring (bicyclic) bond motifs is 5. The molecule has 6 rings (SSSR count). The van der Waals surface area contributed by atoms with Crippen molar-refractivity contribution < 1.29 is 112 Å². The van der Waals surface area contributed by atoms with E-state index in [-0.39, 0.29) is 86.3 Å². The molecule has 0 radical (unpaired) electrons. The van der Waals surface area contributed by atoms with Gasteiger partial charge in [0.15, 0.2) is 0 Å². The highest BCUT2D eigenvalue weighted by molar-refractivity contribution is 8.76. The van der Waals surface area contributed by atoms with Crippen LogP contribution in [0.5, 0.6) is 5.75 Å². The summed E-state index contributed by atoms with van der Waals surface area (Å²) in [5, 5.41) is 84.5. The largest absolute Gasteiger partial charge is 0.508 e. The van der Waals surface area contributed by atoms with Crippen molar-refractivity contribution in [1.29, 1.82) is 0 Å². The molecule has 1 aliphatic heterocycles. The van der Waals surface area contributed by atoms with E-state index in [0.717, 1.165) is 68.1 Å². The van der Waals surface area contributed by atoms with E-state index in [4.69, 9.17) is 16.2 Å². The van der Waals surface area contributed by atoms with Crippen LogP contribution in [0.1, 0.15) is 217 Å². The van der Waals surface area contributed by atoms with Crippen LogP contribution in [0, 0.1) is 58.2 Å². The molecule has 0 spiro atoms. The molecule has 0 unspecified atom stereocenters. The number of aromatic hydroxyl groups is 1. The minimum absolute atomic E-state index is 0.0200. The van der Waals surface area contributed by atoms with Gasteiger partial charge in [-0.15, -0.1) is 0 Å². The molecule has 126 heavy (non-hydrogen) atoms. The highest BCUT2D eigenvalue weighted by atomic mass is 33.1. The summed E-state index contributed by atoms with van der Waals surface area (Å²) in [4.78, 5) is 217. The van der Waals surface area contributed by atoms with Crippen LogP contribution >= 0.6 is 33.3 Å². The van der Waals surface area contributed by atoms with Gasteiger partial charge in [-0.1, -0.05) is 127 Å². The highest BCUT2D eigenvalue weighted by Crippen LogP contribution is 2.67. The van der Waals surface area contributed by atoms with Gasteiger partial charge in [-0.2, -0.15) is 11.8 Å². The maximum atomic E-state index is 14.7. The Kier molecular flexibility index (Phi) is 42.3. The standard InChI is InChI=1S/C87H137N13O23S3/c1-45(2)15-13-16-48(7)56-24-25-57-55-23-20-52-42-54(30-33-86(52,10)58(55)31-34-87(56,57)11)123-85(122)90-35-38-125-126-44-59(88)74(110)94-65(41-51-18-21-53(103)22-19-51)79(115)91-61(32-37-124-12)75(111)95-64(40-47(5)6)78(114)97-66(43-70(107)108)80(116)96-63(39-46(3)4)77(113)93-62(26-28-68(89)104)83(119)100-36-14-17-67(100)81(117)92-60(27-29-69(105)106)76(112)99-72(50(9)102)82(118)98-71(49(8)101)73(109)84(120)121/h18-22,45-50,54-67,71-72,101-103H,13-17,23-44,88H2,1-12H3,(H2,89,104)(H,90,122)(H,91,115)(H,92,117)(H,93,113)(H,94,110)(H,95,111)(H,96,116)(H,97,114)(H,98,118)(H,99,112)(H,105,106)(H,107,108)(H,120,121)/t48-,49-,50-,54+,55+,56-,57+,58+,59+,60+,61+,62+,63+,64+,65+,66+,67+,71+,72+,86+,87-/m1/s1. The monoisotopic (exact) mass is 1830 g/mol. The maximum absolute atomic E-state index is 14.7. The van der Waals surface area contributed by atoms with Crippen LogP contribution in [0.2, 0.25) is 0 Å². The minimum Gasteiger partial charge on any atom is -0.508 e. The lowest BCUT2D eigenvalue weighted by atomic mass is 9.47. The van der Waals surface area contributed by atoms with Crippen molar-refractivity contribution >= 4 is 128 Å². The molecule has 3 saturated carbocycles. The Hall–Kier alpha value is -8.79. The van der Waals surface area contributed by atoms with E-state index in [1.807, 2.05) is 5.32 Å². The number of Topliss-reactive ketones (excluding diaryl/α,β-unsaturated/α-hetero) is 1. The lowest BCUT2D eigenvalue weighted by Gasteiger charge is -2.58. The number of hydrogen-bond donors (Lipinski definition) is 18. The Bertz CT molecular complexity index is 3990. The van der Waals surface area contributed by atoms with E-state index in [1.165, 1.54) is 96.0 Å².